The zero-order valence-electron chi connectivity index (χ0n) is 25.3. The number of aliphatic carboxylic acids is 5. The molecule has 10 N–H and O–H groups in total. The number of imide groups is 1. The molecule has 3 amide bonds. The summed E-state index contributed by atoms with van der Waals surface area (Å²) in [6.45, 7) is 3.20. The Kier molecular flexibility index (Phi) is 37.1. The molecule has 4 unspecified atom stereocenters. The Balaban J connectivity index is -0.000000100. The van der Waals surface area contributed by atoms with Crippen molar-refractivity contribution in [2.45, 2.75) is 70.9 Å². The second-order valence-corrected chi connectivity index (χ2v) is 8.62. The number of carboxylic acid groups (broad SMARTS) is 5. The predicted octanol–water partition coefficient (Wildman–Crippen LogP) is -10.7. The number of amides is 3. The first-order chi connectivity index (χ1) is 18.3. The molecule has 18 nitrogen and oxygen atoms in total. The van der Waals surface area contributed by atoms with Crippen molar-refractivity contribution in [3.05, 3.63) is 0 Å². The topological polar surface area (TPSA) is 342 Å². The maximum atomic E-state index is 10.8. The van der Waals surface area contributed by atoms with E-state index in [1.54, 1.807) is 6.92 Å². The first-order valence-corrected chi connectivity index (χ1v) is 11.9. The number of carbonyl (C=O) groups excluding carboxylic acids is 5. The number of carbonyl (C=O) groups is 8. The van der Waals surface area contributed by atoms with Crippen molar-refractivity contribution in [2.75, 3.05) is 14.1 Å². The van der Waals surface area contributed by atoms with Gasteiger partial charge in [-0.1, -0.05) is 33.1 Å². The van der Waals surface area contributed by atoms with Crippen LogP contribution in [0.4, 0.5) is 0 Å². The molecule has 0 aromatic rings. The Hall–Kier alpha value is -2.16. The molecule has 0 spiro atoms. The minimum atomic E-state index is -1.54. The third kappa shape index (κ3) is 34.2. The molecule has 1 saturated carbocycles. The number of hydrogen-bond donors (Lipinski definition) is 6. The number of hydrogen-bond acceptors (Lipinski definition) is 12. The molecule has 1 heterocycles. The summed E-state index contributed by atoms with van der Waals surface area (Å²) in [6.07, 6.45) is 3.74. The van der Waals surface area contributed by atoms with E-state index in [1.165, 1.54) is 45.2 Å². The maximum Gasteiger partial charge on any atom is 1.00 e. The number of carboxylic acids is 5. The van der Waals surface area contributed by atoms with Crippen LogP contribution in [0.25, 0.3) is 0 Å². The van der Waals surface area contributed by atoms with Crippen LogP contribution in [-0.2, 0) is 38.4 Å². The molecule has 1 aliphatic carbocycles. The van der Waals surface area contributed by atoms with Gasteiger partial charge in [0, 0.05) is 44.7 Å². The van der Waals surface area contributed by atoms with Crippen LogP contribution < -0.4 is 86.1 Å². The molecule has 4 atom stereocenters. The van der Waals surface area contributed by atoms with Gasteiger partial charge in [0.15, 0.2) is 0 Å². The minimum Gasteiger partial charge on any atom is -0.550 e. The van der Waals surface area contributed by atoms with Crippen LogP contribution in [-0.4, -0.2) is 99.4 Å². The fourth-order valence-corrected chi connectivity index (χ4v) is 1.95. The summed E-state index contributed by atoms with van der Waals surface area (Å²) >= 11 is 0. The van der Waals surface area contributed by atoms with E-state index >= 15 is 0 Å². The average Bonchev–Trinajstić information content (AvgIpc) is 3.70. The Morgan fingerprint density at radius 2 is 1.28 bits per heavy atom. The standard InChI is InChI=1S/C6H11NO3.C6H9NO2.2C4H7NO4.C3H6.2Na.H2O/c1-4(6(9)10)3-5(8)7-2;1-4-3-5(8)7(2)6(4)9;2*5-2(4(8)9)1-3(6)7;1-2-3-1;;;/h4H,3H2,1-2H3,(H,7,8)(H,9,10);4H,3H2,1-2H3;2*2H,1,5H2,(H,6,7)(H,8,9);1-3H2;;;1H2/q;;;;;2*+1;/p-2. The predicted molar refractivity (Wildman–Crippen MR) is 135 cm³/mol. The Morgan fingerprint density at radius 1 is 0.884 bits per heavy atom. The van der Waals surface area contributed by atoms with Gasteiger partial charge < -0.3 is 57.4 Å². The first-order valence-electron chi connectivity index (χ1n) is 11.9. The van der Waals surface area contributed by atoms with Gasteiger partial charge in [0.2, 0.25) is 17.7 Å². The summed E-state index contributed by atoms with van der Waals surface area (Å²) in [7, 11) is 2.98. The minimum absolute atomic E-state index is 0. The van der Waals surface area contributed by atoms with Gasteiger partial charge in [0.1, 0.15) is 6.04 Å². The van der Waals surface area contributed by atoms with Crippen LogP contribution in [0.1, 0.15) is 58.8 Å². The van der Waals surface area contributed by atoms with E-state index < -0.39 is 60.7 Å². The molecule has 0 radical (unpaired) electrons. The summed E-state index contributed by atoms with van der Waals surface area (Å²) in [4.78, 5) is 82.4. The summed E-state index contributed by atoms with van der Waals surface area (Å²) in [5.41, 5.74) is 9.61. The second-order valence-electron chi connectivity index (χ2n) is 8.62. The molecule has 1 aliphatic heterocycles. The molecule has 2 aliphatic rings. The van der Waals surface area contributed by atoms with Gasteiger partial charge in [0.25, 0.3) is 0 Å². The third-order valence-corrected chi connectivity index (χ3v) is 4.54. The van der Waals surface area contributed by atoms with Gasteiger partial charge in [-0.05, 0) is 0 Å². The number of nitrogens with one attached hydrogen (secondary N) is 1. The molecule has 0 aromatic heterocycles. The van der Waals surface area contributed by atoms with Gasteiger partial charge >= 0.3 is 77.0 Å². The quantitative estimate of drug-likeness (QED) is 0.100. The van der Waals surface area contributed by atoms with Crippen molar-refractivity contribution in [3.63, 3.8) is 0 Å². The van der Waals surface area contributed by atoms with Crippen LogP contribution in [0.5, 0.6) is 0 Å². The number of nitrogens with two attached hydrogens (primary N) is 2. The van der Waals surface area contributed by atoms with Crippen LogP contribution in [0.3, 0.4) is 0 Å². The van der Waals surface area contributed by atoms with Crippen molar-refractivity contribution < 1.29 is 128 Å². The fraction of sp³-hybridized carbons (Fsp3) is 0.652. The number of likely N-dealkylation sites (tertiary alicyclic amines) is 1. The van der Waals surface area contributed by atoms with Crippen molar-refractivity contribution in [3.8, 4) is 0 Å². The number of rotatable bonds is 9. The SMILES string of the molecule is C1CC1.CC1CC(=O)N(C)C1=O.CNC(=O)CC(C)C(=O)[O-].NC(CC(=O)O)C(=O)O.NC(CC(=O)O)C(=O)[O-].O.[Na+].[Na+]. The average molecular weight is 643 g/mol. The molecule has 43 heavy (non-hydrogen) atoms. The molecule has 20 heteroatoms. The maximum absolute atomic E-state index is 10.8. The van der Waals surface area contributed by atoms with E-state index in [1.807, 2.05) is 0 Å². The van der Waals surface area contributed by atoms with Gasteiger partial charge in [0.05, 0.1) is 24.9 Å². The van der Waals surface area contributed by atoms with Crippen molar-refractivity contribution in [1.82, 2.24) is 10.2 Å². The van der Waals surface area contributed by atoms with E-state index in [0.29, 0.717) is 6.42 Å². The van der Waals surface area contributed by atoms with Crippen LogP contribution in [0.2, 0.25) is 0 Å². The Labute approximate surface area is 292 Å². The van der Waals surface area contributed by atoms with E-state index in [9.17, 15) is 48.6 Å². The third-order valence-electron chi connectivity index (χ3n) is 4.54. The normalized spacial score (nSPS) is 15.6. The Bertz CT molecular complexity index is 868. The van der Waals surface area contributed by atoms with Crippen LogP contribution >= 0.6 is 0 Å². The van der Waals surface area contributed by atoms with E-state index in [2.05, 4.69) is 5.32 Å². The molecule has 0 aromatic carbocycles. The molecular weight excluding hydrogens is 602 g/mol. The molecule has 2 rings (SSSR count). The zero-order chi connectivity index (χ0) is 32.2. The summed E-state index contributed by atoms with van der Waals surface area (Å²) in [5, 5.41) is 46.1. The summed E-state index contributed by atoms with van der Waals surface area (Å²) in [5.74, 6) is -7.68. The molecule has 238 valence electrons. The first kappa shape index (κ1) is 53.4. The molecular formula is C23H40N4Na2O14. The zero-order valence-corrected chi connectivity index (χ0v) is 29.3. The second kappa shape index (κ2) is 29.9. The van der Waals surface area contributed by atoms with Gasteiger partial charge in [-0.15, -0.1) is 0 Å². The largest absolute Gasteiger partial charge is 1.00 e. The molecule has 2 fully saturated rings. The smallest absolute Gasteiger partial charge is 0.550 e. The summed E-state index contributed by atoms with van der Waals surface area (Å²) < 4.78 is 0. The van der Waals surface area contributed by atoms with Crippen molar-refractivity contribution in [2.24, 2.45) is 23.3 Å². The van der Waals surface area contributed by atoms with E-state index in [-0.39, 0.29) is 94.7 Å². The van der Waals surface area contributed by atoms with Gasteiger partial charge in [-0.3, -0.25) is 33.7 Å². The van der Waals surface area contributed by atoms with Gasteiger partial charge in [-0.25, -0.2) is 0 Å². The monoisotopic (exact) mass is 642 g/mol. The molecule has 1 saturated heterocycles. The van der Waals surface area contributed by atoms with Crippen molar-refractivity contribution in [1.29, 1.82) is 0 Å². The van der Waals surface area contributed by atoms with Crippen LogP contribution in [0.15, 0.2) is 0 Å². The molecule has 0 bridgehead atoms. The fourth-order valence-electron chi connectivity index (χ4n) is 1.95. The number of nitrogens with zero attached hydrogens (tertiary/aromatic N) is 1. The van der Waals surface area contributed by atoms with Gasteiger partial charge in [-0.2, -0.15) is 0 Å². The van der Waals surface area contributed by atoms with E-state index in [0.717, 1.165) is 0 Å². The van der Waals surface area contributed by atoms with Crippen LogP contribution in [0, 0.1) is 11.8 Å². The van der Waals surface area contributed by atoms with Crippen molar-refractivity contribution >= 4 is 47.6 Å². The summed E-state index contributed by atoms with van der Waals surface area (Å²) in [6, 6.07) is -2.69. The Morgan fingerprint density at radius 3 is 1.42 bits per heavy atom. The van der Waals surface area contributed by atoms with E-state index in [4.69, 9.17) is 26.8 Å².